The molecule has 0 spiro atoms. The Hall–Kier alpha value is -4.80. The second-order valence-corrected chi connectivity index (χ2v) is 14.0. The molecule has 1 saturated carbocycles. The minimum absolute atomic E-state index is 0.190. The first-order chi connectivity index (χ1) is 23.2. The Morgan fingerprint density at radius 1 is 0.875 bits per heavy atom. The Bertz CT molecular complexity index is 1990. The summed E-state index contributed by atoms with van der Waals surface area (Å²) in [6.45, 7) is 1.62. The number of anilines is 2. The fourth-order valence-electron chi connectivity index (χ4n) is 8.53. The number of carbonyl (C=O) groups excluding carboxylic acids is 4. The number of aryl methyl sites for hydroxylation is 1. The van der Waals surface area contributed by atoms with E-state index in [2.05, 4.69) is 21.4 Å². The summed E-state index contributed by atoms with van der Waals surface area (Å²) < 4.78 is 7.05. The maximum atomic E-state index is 15.1. The summed E-state index contributed by atoms with van der Waals surface area (Å²) in [4.78, 5) is 59.2. The summed E-state index contributed by atoms with van der Waals surface area (Å²) in [5, 5.41) is 11.1. The number of allylic oxidation sites excluding steroid dienone is 2. The zero-order valence-corrected chi connectivity index (χ0v) is 27.6. The summed E-state index contributed by atoms with van der Waals surface area (Å²) in [6.07, 6.45) is 2.49. The van der Waals surface area contributed by atoms with E-state index in [0.717, 1.165) is 20.6 Å². The molecule has 10 heteroatoms. The number of benzene rings is 3. The van der Waals surface area contributed by atoms with Gasteiger partial charge < -0.3 is 9.52 Å². The van der Waals surface area contributed by atoms with Crippen molar-refractivity contribution in [3.63, 3.8) is 0 Å². The molecule has 2 saturated heterocycles. The Morgan fingerprint density at radius 2 is 1.60 bits per heavy atom. The monoisotopic (exact) mass is 705 g/mol. The van der Waals surface area contributed by atoms with Crippen LogP contribution in [-0.4, -0.2) is 33.7 Å². The van der Waals surface area contributed by atoms with Gasteiger partial charge in [0.1, 0.15) is 23.5 Å². The summed E-state index contributed by atoms with van der Waals surface area (Å²) in [5.41, 5.74) is 5.23. The second-order valence-electron chi connectivity index (χ2n) is 13.0. The van der Waals surface area contributed by atoms with E-state index in [1.807, 2.05) is 67.6 Å². The molecule has 2 aliphatic carbocycles. The number of aliphatic hydroxyl groups excluding tert-OH is 1. The van der Waals surface area contributed by atoms with Gasteiger partial charge in [0.25, 0.3) is 11.8 Å². The smallest absolute Gasteiger partial charge is 0.260 e. The topological polar surface area (TPSA) is 120 Å². The number of nitrogens with one attached hydrogen (secondary N) is 1. The summed E-state index contributed by atoms with van der Waals surface area (Å²) in [7, 11) is 0. The van der Waals surface area contributed by atoms with Gasteiger partial charge in [0.05, 0.1) is 35.0 Å². The SMILES string of the molecule is Cc1ccc(NN2C(=O)C3CC4C(=CCC5C(=O)N(c6ccc(Br)cc6)C(=O)C54)C(c4ccc(CO)o4)C3(c3ccccc3)C2=O)cc1. The molecule has 9 nitrogen and oxygen atoms in total. The van der Waals surface area contributed by atoms with Crippen LogP contribution in [0.15, 0.2) is 112 Å². The van der Waals surface area contributed by atoms with E-state index >= 15 is 4.79 Å². The highest BCUT2D eigenvalue weighted by Crippen LogP contribution is 2.64. The molecule has 0 bridgehead atoms. The number of hydrazine groups is 1. The normalized spacial score (nSPS) is 27.9. The summed E-state index contributed by atoms with van der Waals surface area (Å²) in [6, 6.07) is 27.2. The molecule has 6 atom stereocenters. The van der Waals surface area contributed by atoms with E-state index < -0.39 is 46.8 Å². The number of hydrogen-bond donors (Lipinski definition) is 2. The van der Waals surface area contributed by atoms with Crippen molar-refractivity contribution in [1.29, 1.82) is 0 Å². The van der Waals surface area contributed by atoms with Crippen LogP contribution >= 0.6 is 15.9 Å². The number of rotatable bonds is 6. The molecular formula is C38H32BrN3O6. The zero-order chi connectivity index (χ0) is 33.3. The second kappa shape index (κ2) is 11.4. The van der Waals surface area contributed by atoms with Crippen LogP contribution in [-0.2, 0) is 31.2 Å². The predicted molar refractivity (Wildman–Crippen MR) is 180 cm³/mol. The fraction of sp³-hybridized carbons (Fsp3) is 0.263. The van der Waals surface area contributed by atoms with Gasteiger partial charge in [0.2, 0.25) is 11.8 Å². The molecule has 3 aromatic carbocycles. The molecule has 242 valence electrons. The quantitative estimate of drug-likeness (QED) is 0.186. The Kier molecular flexibility index (Phi) is 7.26. The summed E-state index contributed by atoms with van der Waals surface area (Å²) >= 11 is 3.43. The van der Waals surface area contributed by atoms with Crippen LogP contribution in [0.5, 0.6) is 0 Å². The third-order valence-electron chi connectivity index (χ3n) is 10.6. The maximum absolute atomic E-state index is 15.1. The largest absolute Gasteiger partial charge is 0.463 e. The highest BCUT2D eigenvalue weighted by atomic mass is 79.9. The van der Waals surface area contributed by atoms with E-state index in [1.54, 1.807) is 36.4 Å². The number of carbonyl (C=O) groups is 4. The molecule has 4 aromatic rings. The van der Waals surface area contributed by atoms with E-state index in [0.29, 0.717) is 34.9 Å². The number of amides is 4. The van der Waals surface area contributed by atoms with Gasteiger partial charge >= 0.3 is 0 Å². The molecule has 4 aliphatic rings. The number of furan rings is 1. The Balaban J connectivity index is 1.30. The highest BCUT2D eigenvalue weighted by Gasteiger charge is 2.71. The molecule has 0 radical (unpaired) electrons. The Morgan fingerprint density at radius 3 is 2.29 bits per heavy atom. The van der Waals surface area contributed by atoms with Crippen LogP contribution in [0.25, 0.3) is 0 Å². The van der Waals surface area contributed by atoms with Crippen LogP contribution in [0.3, 0.4) is 0 Å². The van der Waals surface area contributed by atoms with Crippen molar-refractivity contribution in [3.8, 4) is 0 Å². The lowest BCUT2D eigenvalue weighted by atomic mass is 9.50. The van der Waals surface area contributed by atoms with Gasteiger partial charge in [0.15, 0.2) is 0 Å². The maximum Gasteiger partial charge on any atom is 0.260 e. The number of imide groups is 2. The lowest BCUT2D eigenvalue weighted by Crippen LogP contribution is -2.53. The molecule has 8 rings (SSSR count). The number of aliphatic hydroxyl groups is 1. The molecule has 2 aliphatic heterocycles. The number of nitrogens with zero attached hydrogens (tertiary/aromatic N) is 2. The van der Waals surface area contributed by atoms with Crippen molar-refractivity contribution in [1.82, 2.24) is 5.01 Å². The fourth-order valence-corrected chi connectivity index (χ4v) is 8.80. The Labute approximate surface area is 285 Å². The minimum Gasteiger partial charge on any atom is -0.463 e. The van der Waals surface area contributed by atoms with Crippen LogP contribution in [0, 0.1) is 30.6 Å². The van der Waals surface area contributed by atoms with E-state index in [9.17, 15) is 19.5 Å². The summed E-state index contributed by atoms with van der Waals surface area (Å²) in [5.74, 6) is -4.17. The van der Waals surface area contributed by atoms with Crippen LogP contribution in [0.4, 0.5) is 11.4 Å². The number of fused-ring (bicyclic) bond motifs is 4. The van der Waals surface area contributed by atoms with E-state index in [-0.39, 0.29) is 24.8 Å². The highest BCUT2D eigenvalue weighted by molar-refractivity contribution is 9.10. The molecular weight excluding hydrogens is 674 g/mol. The van der Waals surface area contributed by atoms with Crippen molar-refractivity contribution >= 4 is 50.9 Å². The van der Waals surface area contributed by atoms with Gasteiger partial charge in [-0.3, -0.25) is 29.5 Å². The first-order valence-electron chi connectivity index (χ1n) is 16.0. The van der Waals surface area contributed by atoms with Crippen molar-refractivity contribution in [2.75, 3.05) is 10.3 Å². The predicted octanol–water partition coefficient (Wildman–Crippen LogP) is 6.03. The molecule has 6 unspecified atom stereocenters. The molecule has 48 heavy (non-hydrogen) atoms. The lowest BCUT2D eigenvalue weighted by Gasteiger charge is -2.49. The van der Waals surface area contributed by atoms with Crippen LogP contribution < -0.4 is 10.3 Å². The van der Waals surface area contributed by atoms with Crippen LogP contribution in [0.2, 0.25) is 0 Å². The average molecular weight is 707 g/mol. The van der Waals surface area contributed by atoms with Crippen molar-refractivity contribution in [3.05, 3.63) is 130 Å². The standard InChI is InChI=1S/C38H32BrN3O6/c1-21-7-11-24(12-8-21)40-42-35(45)30-19-29-27(16-17-28-32(29)36(46)41(34(28)44)25-13-9-23(39)10-14-25)33(31-18-15-26(20-43)48-31)38(30,37(42)47)22-5-3-2-4-6-22/h2-16,18,28-30,32-33,40,43H,17,19-20H2,1H3. The first-order valence-corrected chi connectivity index (χ1v) is 16.8. The molecule has 3 heterocycles. The third-order valence-corrected chi connectivity index (χ3v) is 11.1. The van der Waals surface area contributed by atoms with Gasteiger partial charge in [-0.25, -0.2) is 0 Å². The van der Waals surface area contributed by atoms with Crippen LogP contribution in [0.1, 0.15) is 41.4 Å². The zero-order valence-electron chi connectivity index (χ0n) is 26.0. The molecule has 1 aromatic heterocycles. The number of halogens is 1. The van der Waals surface area contributed by atoms with Gasteiger partial charge in [-0.2, -0.15) is 5.01 Å². The average Bonchev–Trinajstić information content (AvgIpc) is 3.74. The lowest BCUT2D eigenvalue weighted by molar-refractivity contribution is -0.138. The molecule has 3 fully saturated rings. The molecule has 4 amide bonds. The molecule has 2 N–H and O–H groups in total. The van der Waals surface area contributed by atoms with Gasteiger partial charge in [0, 0.05) is 4.47 Å². The van der Waals surface area contributed by atoms with Crippen molar-refractivity contribution in [2.24, 2.45) is 23.7 Å². The number of hydrogen-bond acceptors (Lipinski definition) is 7. The minimum atomic E-state index is -1.42. The van der Waals surface area contributed by atoms with Gasteiger partial charge in [-0.05, 0) is 79.8 Å². The van der Waals surface area contributed by atoms with E-state index in [1.165, 1.54) is 4.90 Å². The van der Waals surface area contributed by atoms with Gasteiger partial charge in [-0.1, -0.05) is 75.6 Å². The van der Waals surface area contributed by atoms with Gasteiger partial charge in [-0.15, -0.1) is 0 Å². The first kappa shape index (κ1) is 30.5. The third kappa shape index (κ3) is 4.39. The van der Waals surface area contributed by atoms with E-state index in [4.69, 9.17) is 4.42 Å². The van der Waals surface area contributed by atoms with Crippen molar-refractivity contribution < 1.29 is 28.7 Å². The van der Waals surface area contributed by atoms with Crippen molar-refractivity contribution in [2.45, 2.75) is 37.7 Å².